The molecular weight excluding hydrogens is 432 g/mol. The number of rotatable bonds is 9. The average molecular weight is 452 g/mol. The Bertz CT molecular complexity index is 1030. The number of ether oxygens (including phenoxy) is 1. The molecule has 0 aliphatic carbocycles. The fourth-order valence-electron chi connectivity index (χ4n) is 2.64. The first-order chi connectivity index (χ1) is 14.4. The molecule has 0 bridgehead atoms. The highest BCUT2D eigenvalue weighted by Crippen LogP contribution is 2.27. The van der Waals surface area contributed by atoms with E-state index >= 15 is 0 Å². The summed E-state index contributed by atoms with van der Waals surface area (Å²) in [5.74, 6) is 0.850. The molecule has 6 nitrogen and oxygen atoms in total. The van der Waals surface area contributed by atoms with Crippen LogP contribution in [0, 0.1) is 12.7 Å². The van der Waals surface area contributed by atoms with Crippen molar-refractivity contribution in [2.75, 3.05) is 13.2 Å². The largest absolute Gasteiger partial charge is 0.492 e. The van der Waals surface area contributed by atoms with Gasteiger partial charge >= 0.3 is 0 Å². The lowest BCUT2D eigenvalue weighted by Crippen LogP contribution is -2.25. The summed E-state index contributed by atoms with van der Waals surface area (Å²) < 4.78 is 24.1. The number of amides is 1. The van der Waals surface area contributed by atoms with Crippen molar-refractivity contribution in [3.63, 3.8) is 0 Å². The maximum absolute atomic E-state index is 13.4. The molecule has 30 heavy (non-hydrogen) atoms. The summed E-state index contributed by atoms with van der Waals surface area (Å²) in [5, 5.41) is 7.69. The van der Waals surface area contributed by atoms with Crippen LogP contribution in [0.1, 0.15) is 24.3 Å². The molecule has 0 unspecified atom stereocenters. The Morgan fingerprint density at radius 1 is 1.23 bits per heavy atom. The Hall–Kier alpha value is -2.64. The summed E-state index contributed by atoms with van der Waals surface area (Å²) in [7, 11) is 0. The molecule has 0 aliphatic heterocycles. The van der Waals surface area contributed by atoms with Crippen LogP contribution in [0.25, 0.3) is 11.4 Å². The van der Waals surface area contributed by atoms with Gasteiger partial charge in [0.25, 0.3) is 0 Å². The third-order valence-electron chi connectivity index (χ3n) is 4.24. The molecule has 0 aliphatic rings. The van der Waals surface area contributed by atoms with Crippen molar-refractivity contribution in [1.29, 1.82) is 0 Å². The second kappa shape index (κ2) is 10.4. The molecule has 0 saturated carbocycles. The third kappa shape index (κ3) is 6.18. The number of nitrogens with zero attached hydrogens (tertiary/aromatic N) is 2. The van der Waals surface area contributed by atoms with E-state index in [1.807, 2.05) is 0 Å². The second-order valence-corrected chi connectivity index (χ2v) is 7.45. The molecule has 3 rings (SSSR count). The maximum atomic E-state index is 13.4. The SMILES string of the molecule is Cc1cc(-c2noc(CCC(=O)NCCCOc3ccc(Cl)cc3Cl)n2)ccc1F. The lowest BCUT2D eigenvalue weighted by atomic mass is 10.1. The Morgan fingerprint density at radius 2 is 2.07 bits per heavy atom. The summed E-state index contributed by atoms with van der Waals surface area (Å²) in [5.41, 5.74) is 1.16. The fourth-order valence-corrected chi connectivity index (χ4v) is 3.10. The van der Waals surface area contributed by atoms with Crippen LogP contribution in [-0.4, -0.2) is 29.2 Å². The molecule has 3 aromatic rings. The third-order valence-corrected chi connectivity index (χ3v) is 4.78. The van der Waals surface area contributed by atoms with Crippen LogP contribution in [0.5, 0.6) is 5.75 Å². The van der Waals surface area contributed by atoms with E-state index in [1.54, 1.807) is 37.3 Å². The number of benzene rings is 2. The summed E-state index contributed by atoms with van der Waals surface area (Å²) in [6.45, 7) is 2.54. The highest BCUT2D eigenvalue weighted by Gasteiger charge is 2.12. The van der Waals surface area contributed by atoms with Crippen LogP contribution in [-0.2, 0) is 11.2 Å². The van der Waals surface area contributed by atoms with Crippen LogP contribution in [0.3, 0.4) is 0 Å². The number of aryl methyl sites for hydroxylation is 2. The molecule has 1 aromatic heterocycles. The maximum Gasteiger partial charge on any atom is 0.227 e. The van der Waals surface area contributed by atoms with Crippen molar-refractivity contribution >= 4 is 29.1 Å². The van der Waals surface area contributed by atoms with Gasteiger partial charge in [0.1, 0.15) is 11.6 Å². The molecule has 2 aromatic carbocycles. The van der Waals surface area contributed by atoms with E-state index in [1.165, 1.54) is 6.07 Å². The van der Waals surface area contributed by atoms with Gasteiger partial charge in [-0.05, 0) is 55.3 Å². The highest BCUT2D eigenvalue weighted by atomic mass is 35.5. The summed E-state index contributed by atoms with van der Waals surface area (Å²) in [4.78, 5) is 16.2. The Balaban J connectivity index is 1.37. The first-order valence-electron chi connectivity index (χ1n) is 9.36. The van der Waals surface area contributed by atoms with Gasteiger partial charge in [-0.25, -0.2) is 4.39 Å². The molecule has 1 amide bonds. The zero-order valence-corrected chi connectivity index (χ0v) is 17.8. The molecule has 0 fully saturated rings. The number of carbonyl (C=O) groups excluding carboxylic acids is 1. The molecule has 0 spiro atoms. The molecule has 158 valence electrons. The van der Waals surface area contributed by atoms with Crippen molar-refractivity contribution in [3.05, 3.63) is 63.7 Å². The minimum atomic E-state index is -0.291. The molecule has 9 heteroatoms. The zero-order chi connectivity index (χ0) is 21.5. The minimum Gasteiger partial charge on any atom is -0.492 e. The molecule has 1 heterocycles. The lowest BCUT2D eigenvalue weighted by molar-refractivity contribution is -0.121. The minimum absolute atomic E-state index is 0.128. The van der Waals surface area contributed by atoms with Gasteiger partial charge in [0.2, 0.25) is 17.6 Å². The van der Waals surface area contributed by atoms with Crippen LogP contribution < -0.4 is 10.1 Å². The van der Waals surface area contributed by atoms with Crippen molar-refractivity contribution in [2.45, 2.75) is 26.2 Å². The van der Waals surface area contributed by atoms with E-state index in [9.17, 15) is 9.18 Å². The predicted molar refractivity (Wildman–Crippen MR) is 112 cm³/mol. The molecular formula is C21H20Cl2FN3O3. The van der Waals surface area contributed by atoms with Crippen LogP contribution >= 0.6 is 23.2 Å². The van der Waals surface area contributed by atoms with Crippen LogP contribution in [0.2, 0.25) is 10.0 Å². The zero-order valence-electron chi connectivity index (χ0n) is 16.3. The number of nitrogens with one attached hydrogen (secondary N) is 1. The summed E-state index contributed by atoms with van der Waals surface area (Å²) in [6, 6.07) is 9.61. The van der Waals surface area contributed by atoms with E-state index in [2.05, 4.69) is 15.5 Å². The number of carbonyl (C=O) groups is 1. The van der Waals surface area contributed by atoms with Gasteiger partial charge in [0, 0.05) is 30.0 Å². The van der Waals surface area contributed by atoms with Crippen molar-refractivity contribution < 1.29 is 18.4 Å². The first-order valence-corrected chi connectivity index (χ1v) is 10.1. The number of halogens is 3. The highest BCUT2D eigenvalue weighted by molar-refractivity contribution is 6.35. The van der Waals surface area contributed by atoms with Gasteiger partial charge in [0.15, 0.2) is 0 Å². The summed E-state index contributed by atoms with van der Waals surface area (Å²) in [6.07, 6.45) is 1.16. The van der Waals surface area contributed by atoms with Gasteiger partial charge < -0.3 is 14.6 Å². The molecule has 0 atom stereocenters. The molecule has 0 radical (unpaired) electrons. The molecule has 0 saturated heterocycles. The standard InChI is InChI=1S/C21H20Cl2FN3O3/c1-13-11-14(3-5-17(13)24)21-26-20(30-27-21)8-7-19(28)25-9-2-10-29-18-6-4-15(22)12-16(18)23/h3-6,11-12H,2,7-10H2,1H3,(H,25,28). The number of hydrogen-bond donors (Lipinski definition) is 1. The fraction of sp³-hybridized carbons (Fsp3) is 0.286. The Kier molecular flexibility index (Phi) is 7.65. The Morgan fingerprint density at radius 3 is 2.83 bits per heavy atom. The monoisotopic (exact) mass is 451 g/mol. The first kappa shape index (κ1) is 22.1. The van der Waals surface area contributed by atoms with E-state index in [0.29, 0.717) is 64.6 Å². The van der Waals surface area contributed by atoms with Crippen molar-refractivity contribution in [1.82, 2.24) is 15.5 Å². The predicted octanol–water partition coefficient (Wildman–Crippen LogP) is 5.01. The summed E-state index contributed by atoms with van der Waals surface area (Å²) >= 11 is 11.9. The topological polar surface area (TPSA) is 77.2 Å². The normalized spacial score (nSPS) is 10.8. The quantitative estimate of drug-likeness (QED) is 0.462. The van der Waals surface area contributed by atoms with Gasteiger partial charge in [0.05, 0.1) is 11.6 Å². The van der Waals surface area contributed by atoms with E-state index in [4.69, 9.17) is 32.5 Å². The Labute approximate surface area is 183 Å². The van der Waals surface area contributed by atoms with Gasteiger partial charge in [-0.1, -0.05) is 28.4 Å². The second-order valence-electron chi connectivity index (χ2n) is 6.60. The lowest BCUT2D eigenvalue weighted by Gasteiger charge is -2.08. The number of hydrogen-bond acceptors (Lipinski definition) is 5. The van der Waals surface area contributed by atoms with Crippen LogP contribution in [0.15, 0.2) is 40.9 Å². The average Bonchev–Trinajstić information content (AvgIpc) is 3.19. The van der Waals surface area contributed by atoms with Crippen molar-refractivity contribution in [3.8, 4) is 17.1 Å². The molecule has 1 N–H and O–H groups in total. The van der Waals surface area contributed by atoms with E-state index in [-0.39, 0.29) is 18.1 Å². The van der Waals surface area contributed by atoms with Gasteiger partial charge in [-0.15, -0.1) is 0 Å². The smallest absolute Gasteiger partial charge is 0.227 e. The van der Waals surface area contributed by atoms with Crippen LogP contribution in [0.4, 0.5) is 4.39 Å². The number of aromatic nitrogens is 2. The van der Waals surface area contributed by atoms with E-state index < -0.39 is 0 Å². The van der Waals surface area contributed by atoms with Gasteiger partial charge in [-0.2, -0.15) is 4.98 Å². The van der Waals surface area contributed by atoms with Gasteiger partial charge in [-0.3, -0.25) is 4.79 Å². The van der Waals surface area contributed by atoms with E-state index in [0.717, 1.165) is 0 Å². The van der Waals surface area contributed by atoms with Crippen molar-refractivity contribution in [2.24, 2.45) is 0 Å².